The van der Waals surface area contributed by atoms with Crippen molar-refractivity contribution in [2.24, 2.45) is 29.6 Å². The van der Waals surface area contributed by atoms with Crippen LogP contribution in [0.25, 0.3) is 0 Å². The Balaban J connectivity index is 3.24. The summed E-state index contributed by atoms with van der Waals surface area (Å²) in [6.07, 6.45) is 0.654. The van der Waals surface area contributed by atoms with Gasteiger partial charge in [0.1, 0.15) is 5.60 Å². The van der Waals surface area contributed by atoms with Crippen LogP contribution in [0.4, 0.5) is 0 Å². The maximum Gasteiger partial charge on any atom is 0.311 e. The van der Waals surface area contributed by atoms with Gasteiger partial charge < -0.3 is 20.1 Å². The first-order valence-electron chi connectivity index (χ1n) is 8.86. The lowest BCUT2D eigenvalue weighted by Crippen LogP contribution is -2.42. The van der Waals surface area contributed by atoms with Gasteiger partial charge in [-0.25, -0.2) is 0 Å². The summed E-state index contributed by atoms with van der Waals surface area (Å²) < 4.78 is 5.54. The molecule has 0 spiro atoms. The maximum absolute atomic E-state index is 12.8. The molecule has 0 aromatic carbocycles. The number of hydrogen-bond donors (Lipinski definition) is 3. The van der Waals surface area contributed by atoms with Gasteiger partial charge in [-0.05, 0) is 39.0 Å². The molecule has 0 heterocycles. The first-order chi connectivity index (χ1) is 12.3. The molecule has 0 saturated carbocycles. The molecule has 0 aromatic rings. The minimum Gasteiger partial charge on any atom is -0.481 e. The first kappa shape index (κ1) is 22.7. The van der Waals surface area contributed by atoms with Crippen LogP contribution in [-0.2, 0) is 23.9 Å². The van der Waals surface area contributed by atoms with Crippen LogP contribution in [0.3, 0.4) is 0 Å². The quantitative estimate of drug-likeness (QED) is 0.428. The number of carboxylic acid groups (broad SMARTS) is 3. The predicted molar refractivity (Wildman–Crippen MR) is 94.9 cm³/mol. The highest BCUT2D eigenvalue weighted by molar-refractivity contribution is 5.83. The predicted octanol–water partition coefficient (Wildman–Crippen LogP) is 2.42. The van der Waals surface area contributed by atoms with Crippen LogP contribution in [0.1, 0.15) is 47.5 Å². The highest BCUT2D eigenvalue weighted by atomic mass is 16.6. The molecule has 27 heavy (non-hydrogen) atoms. The van der Waals surface area contributed by atoms with Crippen LogP contribution in [0, 0.1) is 29.6 Å². The number of allylic oxidation sites excluding steroid dienone is 1. The van der Waals surface area contributed by atoms with Gasteiger partial charge in [-0.1, -0.05) is 25.5 Å². The summed E-state index contributed by atoms with van der Waals surface area (Å²) in [5, 5.41) is 27.9. The fourth-order valence-corrected chi connectivity index (χ4v) is 3.14. The molecular weight excluding hydrogens is 356 g/mol. The number of carbonyl (C=O) groups excluding carboxylic acids is 1. The Morgan fingerprint density at radius 2 is 1.70 bits per heavy atom. The van der Waals surface area contributed by atoms with Crippen molar-refractivity contribution in [2.45, 2.75) is 53.1 Å². The van der Waals surface area contributed by atoms with Crippen molar-refractivity contribution in [3.05, 3.63) is 11.6 Å². The molecule has 0 aromatic heterocycles. The third-order valence-corrected chi connectivity index (χ3v) is 5.51. The number of carbonyl (C=O) groups is 4. The van der Waals surface area contributed by atoms with Gasteiger partial charge in [0, 0.05) is 0 Å². The second-order valence-corrected chi connectivity index (χ2v) is 7.95. The zero-order valence-electron chi connectivity index (χ0n) is 16.3. The first-order valence-corrected chi connectivity index (χ1v) is 8.86. The van der Waals surface area contributed by atoms with E-state index in [1.54, 1.807) is 20.8 Å². The highest BCUT2D eigenvalue weighted by Gasteiger charge is 2.44. The molecule has 152 valence electrons. The normalized spacial score (nSPS) is 24.1. The summed E-state index contributed by atoms with van der Waals surface area (Å²) >= 11 is 0. The Morgan fingerprint density at radius 3 is 2.11 bits per heavy atom. The third-order valence-electron chi connectivity index (χ3n) is 5.51. The molecule has 0 radical (unpaired) electrons. The molecule has 8 nitrogen and oxygen atoms in total. The Hall–Kier alpha value is -2.38. The summed E-state index contributed by atoms with van der Waals surface area (Å²) in [5.41, 5.74) is -0.332. The lowest BCUT2D eigenvalue weighted by atomic mass is 9.69. The fraction of sp³-hybridized carbons (Fsp3) is 0.684. The number of carboxylic acids is 3. The van der Waals surface area contributed by atoms with E-state index < -0.39 is 59.6 Å². The summed E-state index contributed by atoms with van der Waals surface area (Å²) in [4.78, 5) is 47.0. The van der Waals surface area contributed by atoms with E-state index in [1.165, 1.54) is 6.08 Å². The van der Waals surface area contributed by atoms with E-state index in [-0.39, 0.29) is 12.3 Å². The summed E-state index contributed by atoms with van der Waals surface area (Å²) in [7, 11) is 0. The maximum atomic E-state index is 12.8. The van der Waals surface area contributed by atoms with Gasteiger partial charge in [-0.3, -0.25) is 19.2 Å². The molecule has 4 unspecified atom stereocenters. The number of ether oxygens (including phenoxy) is 1. The van der Waals surface area contributed by atoms with Crippen LogP contribution < -0.4 is 0 Å². The Kier molecular flexibility index (Phi) is 7.17. The topological polar surface area (TPSA) is 138 Å². The van der Waals surface area contributed by atoms with E-state index in [4.69, 9.17) is 4.74 Å². The summed E-state index contributed by atoms with van der Waals surface area (Å²) in [6, 6.07) is 0. The monoisotopic (exact) mass is 384 g/mol. The molecule has 0 fully saturated rings. The molecule has 4 atom stereocenters. The standard InChI is InChI=1S/C19H28O8/c1-9(2)19(4,5)27-18(26)14(8-15(20)21)11-7-13(17(24)25)12(16(22)23)6-10(11)3/h6,9,11-14H,7-8H2,1-5H3,(H,20,21)(H,22,23)(H,24,25). The second kappa shape index (κ2) is 8.54. The van der Waals surface area contributed by atoms with Crippen LogP contribution in [0.15, 0.2) is 11.6 Å². The van der Waals surface area contributed by atoms with Gasteiger partial charge in [0.15, 0.2) is 0 Å². The molecule has 0 aliphatic heterocycles. The lowest BCUT2D eigenvalue weighted by Gasteiger charge is -2.36. The third kappa shape index (κ3) is 5.55. The second-order valence-electron chi connectivity index (χ2n) is 7.95. The average molecular weight is 384 g/mol. The minimum absolute atomic E-state index is 0.0157. The van der Waals surface area contributed by atoms with E-state index in [1.807, 2.05) is 13.8 Å². The Bertz CT molecular complexity index is 646. The molecule has 1 rings (SSSR count). The van der Waals surface area contributed by atoms with Crippen LogP contribution in [-0.4, -0.2) is 44.8 Å². The van der Waals surface area contributed by atoms with Gasteiger partial charge in [-0.15, -0.1) is 0 Å². The summed E-state index contributed by atoms with van der Waals surface area (Å²) in [6.45, 7) is 8.76. The van der Waals surface area contributed by atoms with Crippen molar-refractivity contribution in [1.29, 1.82) is 0 Å². The van der Waals surface area contributed by atoms with Crippen molar-refractivity contribution >= 4 is 23.9 Å². The van der Waals surface area contributed by atoms with Gasteiger partial charge >= 0.3 is 23.9 Å². The molecule has 0 amide bonds. The number of esters is 1. The van der Waals surface area contributed by atoms with Crippen molar-refractivity contribution < 1.29 is 39.2 Å². The summed E-state index contributed by atoms with van der Waals surface area (Å²) in [5.74, 6) is -8.75. The zero-order valence-corrected chi connectivity index (χ0v) is 16.3. The van der Waals surface area contributed by atoms with E-state index in [2.05, 4.69) is 0 Å². The molecule has 0 bridgehead atoms. The fourth-order valence-electron chi connectivity index (χ4n) is 3.14. The van der Waals surface area contributed by atoms with Gasteiger partial charge in [0.2, 0.25) is 0 Å². The van der Waals surface area contributed by atoms with Crippen LogP contribution in [0.2, 0.25) is 0 Å². The van der Waals surface area contributed by atoms with Crippen LogP contribution in [0.5, 0.6) is 0 Å². The Morgan fingerprint density at radius 1 is 1.15 bits per heavy atom. The highest BCUT2D eigenvalue weighted by Crippen LogP contribution is 2.40. The number of hydrogen-bond acceptors (Lipinski definition) is 5. The largest absolute Gasteiger partial charge is 0.481 e. The van der Waals surface area contributed by atoms with Crippen LogP contribution >= 0.6 is 0 Å². The van der Waals surface area contributed by atoms with E-state index in [9.17, 15) is 34.5 Å². The van der Waals surface area contributed by atoms with Gasteiger partial charge in [0.05, 0.1) is 24.2 Å². The zero-order chi connectivity index (χ0) is 21.1. The molecular formula is C19H28O8. The SMILES string of the molecule is CC1=CC(C(=O)O)C(C(=O)O)CC1C(CC(=O)O)C(=O)OC(C)(C)C(C)C. The van der Waals surface area contributed by atoms with Gasteiger partial charge in [0.25, 0.3) is 0 Å². The molecule has 1 aliphatic rings. The van der Waals surface area contributed by atoms with Crippen molar-refractivity contribution in [3.63, 3.8) is 0 Å². The lowest BCUT2D eigenvalue weighted by molar-refractivity contribution is -0.170. The molecule has 3 N–H and O–H groups in total. The average Bonchev–Trinajstić information content (AvgIpc) is 2.51. The Labute approximate surface area is 158 Å². The molecule has 1 aliphatic carbocycles. The van der Waals surface area contributed by atoms with E-state index in [0.29, 0.717) is 5.57 Å². The van der Waals surface area contributed by atoms with Crippen molar-refractivity contribution in [2.75, 3.05) is 0 Å². The number of rotatable bonds is 8. The smallest absolute Gasteiger partial charge is 0.311 e. The minimum atomic E-state index is -1.29. The van der Waals surface area contributed by atoms with Crippen molar-refractivity contribution in [3.8, 4) is 0 Å². The van der Waals surface area contributed by atoms with Gasteiger partial charge in [-0.2, -0.15) is 0 Å². The molecule has 8 heteroatoms. The van der Waals surface area contributed by atoms with E-state index >= 15 is 0 Å². The van der Waals surface area contributed by atoms with E-state index in [0.717, 1.165) is 0 Å². The number of aliphatic carboxylic acids is 3. The molecule has 0 saturated heterocycles. The van der Waals surface area contributed by atoms with Crippen molar-refractivity contribution in [1.82, 2.24) is 0 Å².